The summed E-state index contributed by atoms with van der Waals surface area (Å²) in [4.78, 5) is 0. The number of alkyl halides is 1. The van der Waals surface area contributed by atoms with Crippen LogP contribution in [0.2, 0.25) is 0 Å². The molecule has 0 saturated heterocycles. The number of halogens is 2. The summed E-state index contributed by atoms with van der Waals surface area (Å²) >= 11 is 2.27. The van der Waals surface area contributed by atoms with Gasteiger partial charge >= 0.3 is 0 Å². The molecule has 0 aliphatic rings. The topological polar surface area (TPSA) is 9.23 Å². The number of benzene rings is 1. The lowest BCUT2D eigenvalue weighted by atomic mass is 10.2. The van der Waals surface area contributed by atoms with Crippen molar-refractivity contribution in [1.29, 1.82) is 0 Å². The zero-order valence-electron chi connectivity index (χ0n) is 6.76. The highest BCUT2D eigenvalue weighted by Gasteiger charge is 2.05. The van der Waals surface area contributed by atoms with E-state index in [1.54, 1.807) is 19.2 Å². The van der Waals surface area contributed by atoms with Crippen molar-refractivity contribution in [2.45, 2.75) is 3.92 Å². The van der Waals surface area contributed by atoms with Crippen molar-refractivity contribution in [2.24, 2.45) is 0 Å². The molecule has 0 unspecified atom stereocenters. The summed E-state index contributed by atoms with van der Waals surface area (Å²) in [5.41, 5.74) is 1.10. The Morgan fingerprint density at radius 2 is 2.00 bits per heavy atom. The average Bonchev–Trinajstić information content (AvgIpc) is 2.06. The van der Waals surface area contributed by atoms with Crippen LogP contribution in [0.4, 0.5) is 4.39 Å². The van der Waals surface area contributed by atoms with Crippen molar-refractivity contribution in [2.75, 3.05) is 13.7 Å². The zero-order valence-corrected chi connectivity index (χ0v) is 8.92. The second-order valence-corrected chi connectivity index (χ2v) is 3.98. The monoisotopic (exact) mass is 280 g/mol. The highest BCUT2D eigenvalue weighted by atomic mass is 127. The number of hydrogen-bond acceptors (Lipinski definition) is 1. The molecule has 3 heteroatoms. The summed E-state index contributed by atoms with van der Waals surface area (Å²) < 4.78 is 17.8. The maximum Gasteiger partial charge on any atom is 0.123 e. The molecule has 0 bridgehead atoms. The van der Waals surface area contributed by atoms with Gasteiger partial charge in [0.15, 0.2) is 0 Å². The van der Waals surface area contributed by atoms with Gasteiger partial charge in [-0.15, -0.1) is 0 Å². The van der Waals surface area contributed by atoms with Crippen LogP contribution in [0.15, 0.2) is 24.3 Å². The summed E-state index contributed by atoms with van der Waals surface area (Å²) in [6.45, 7) is 0.659. The Morgan fingerprint density at radius 3 is 2.50 bits per heavy atom. The molecule has 1 aromatic carbocycles. The first-order chi connectivity index (χ1) is 5.74. The zero-order chi connectivity index (χ0) is 8.97. The van der Waals surface area contributed by atoms with Crippen molar-refractivity contribution < 1.29 is 9.13 Å². The first-order valence-corrected chi connectivity index (χ1v) is 4.87. The van der Waals surface area contributed by atoms with E-state index in [4.69, 9.17) is 4.74 Å². The van der Waals surface area contributed by atoms with Gasteiger partial charge in [0.2, 0.25) is 0 Å². The molecule has 0 radical (unpaired) electrons. The molecule has 1 atom stereocenters. The van der Waals surface area contributed by atoms with Gasteiger partial charge < -0.3 is 4.74 Å². The SMILES string of the molecule is COC[C@@H](I)c1ccc(F)cc1. The van der Waals surface area contributed by atoms with E-state index in [0.717, 1.165) is 5.56 Å². The van der Waals surface area contributed by atoms with E-state index in [9.17, 15) is 4.39 Å². The number of hydrogen-bond donors (Lipinski definition) is 0. The van der Waals surface area contributed by atoms with Gasteiger partial charge in [0.1, 0.15) is 5.82 Å². The van der Waals surface area contributed by atoms with Crippen molar-refractivity contribution in [3.8, 4) is 0 Å². The summed E-state index contributed by atoms with van der Waals surface area (Å²) in [5, 5.41) is 0. The van der Waals surface area contributed by atoms with Gasteiger partial charge in [-0.2, -0.15) is 0 Å². The van der Waals surface area contributed by atoms with Crippen molar-refractivity contribution in [3.05, 3.63) is 35.6 Å². The van der Waals surface area contributed by atoms with Crippen molar-refractivity contribution >= 4 is 22.6 Å². The molecule has 0 aliphatic carbocycles. The lowest BCUT2D eigenvalue weighted by Crippen LogP contribution is -1.98. The van der Waals surface area contributed by atoms with Crippen molar-refractivity contribution in [1.82, 2.24) is 0 Å². The lowest BCUT2D eigenvalue weighted by molar-refractivity contribution is 0.203. The predicted molar refractivity (Wildman–Crippen MR) is 55.0 cm³/mol. The van der Waals surface area contributed by atoms with Crippen LogP contribution in [0, 0.1) is 5.82 Å². The van der Waals surface area contributed by atoms with Crippen LogP contribution in [0.3, 0.4) is 0 Å². The molecule has 12 heavy (non-hydrogen) atoms. The molecule has 0 saturated carbocycles. The molecule has 0 N–H and O–H groups in total. The van der Waals surface area contributed by atoms with E-state index in [0.29, 0.717) is 10.5 Å². The van der Waals surface area contributed by atoms with Crippen LogP contribution in [-0.4, -0.2) is 13.7 Å². The van der Waals surface area contributed by atoms with Gasteiger partial charge in [-0.1, -0.05) is 34.7 Å². The van der Waals surface area contributed by atoms with Crippen LogP contribution in [-0.2, 0) is 4.74 Å². The number of rotatable bonds is 3. The Hall–Kier alpha value is -0.160. The third-order valence-electron chi connectivity index (χ3n) is 1.54. The van der Waals surface area contributed by atoms with Gasteiger partial charge in [0, 0.05) is 7.11 Å². The molecular formula is C9H10FIO. The molecule has 0 spiro atoms. The minimum Gasteiger partial charge on any atom is -0.383 e. The fourth-order valence-corrected chi connectivity index (χ4v) is 1.69. The van der Waals surface area contributed by atoms with Crippen LogP contribution < -0.4 is 0 Å². The van der Waals surface area contributed by atoms with Crippen LogP contribution >= 0.6 is 22.6 Å². The fraction of sp³-hybridized carbons (Fsp3) is 0.333. The first-order valence-electron chi connectivity index (χ1n) is 3.62. The molecule has 0 aromatic heterocycles. The van der Waals surface area contributed by atoms with Gasteiger partial charge in [-0.3, -0.25) is 0 Å². The van der Waals surface area contributed by atoms with E-state index in [-0.39, 0.29) is 5.82 Å². The third kappa shape index (κ3) is 2.71. The maximum absolute atomic E-state index is 12.5. The molecule has 1 nitrogen and oxygen atoms in total. The number of methoxy groups -OCH3 is 1. The third-order valence-corrected chi connectivity index (χ3v) is 2.62. The van der Waals surface area contributed by atoms with E-state index >= 15 is 0 Å². The fourth-order valence-electron chi connectivity index (χ4n) is 0.914. The van der Waals surface area contributed by atoms with Gasteiger partial charge in [0.25, 0.3) is 0 Å². The molecule has 1 rings (SSSR count). The molecule has 0 heterocycles. The molecule has 0 fully saturated rings. The standard InChI is InChI=1S/C9H10FIO/c1-12-6-9(11)7-2-4-8(10)5-3-7/h2-5,9H,6H2,1H3/t9-/m1/s1. The lowest BCUT2D eigenvalue weighted by Gasteiger charge is -2.07. The Morgan fingerprint density at radius 1 is 1.42 bits per heavy atom. The highest BCUT2D eigenvalue weighted by Crippen LogP contribution is 2.23. The average molecular weight is 280 g/mol. The first kappa shape index (κ1) is 9.92. The van der Waals surface area contributed by atoms with Crippen molar-refractivity contribution in [3.63, 3.8) is 0 Å². The molecule has 0 amide bonds. The van der Waals surface area contributed by atoms with E-state index in [1.807, 2.05) is 0 Å². The molecule has 1 aromatic rings. The van der Waals surface area contributed by atoms with Crippen LogP contribution in [0.25, 0.3) is 0 Å². The molecule has 0 aliphatic heterocycles. The summed E-state index contributed by atoms with van der Waals surface area (Å²) in [5.74, 6) is -0.195. The minimum atomic E-state index is -0.195. The minimum absolute atomic E-state index is 0.195. The molecular weight excluding hydrogens is 270 g/mol. The summed E-state index contributed by atoms with van der Waals surface area (Å²) in [7, 11) is 1.66. The summed E-state index contributed by atoms with van der Waals surface area (Å²) in [6, 6.07) is 6.50. The van der Waals surface area contributed by atoms with E-state index < -0.39 is 0 Å². The van der Waals surface area contributed by atoms with Gasteiger partial charge in [-0.25, -0.2) is 4.39 Å². The smallest absolute Gasteiger partial charge is 0.123 e. The van der Waals surface area contributed by atoms with Crippen LogP contribution in [0.5, 0.6) is 0 Å². The highest BCUT2D eigenvalue weighted by molar-refractivity contribution is 14.1. The normalized spacial score (nSPS) is 12.9. The van der Waals surface area contributed by atoms with Gasteiger partial charge in [0.05, 0.1) is 10.5 Å². The van der Waals surface area contributed by atoms with Gasteiger partial charge in [-0.05, 0) is 17.7 Å². The number of ether oxygens (including phenoxy) is 1. The van der Waals surface area contributed by atoms with E-state index in [1.165, 1.54) is 12.1 Å². The Labute approximate surface area is 85.1 Å². The quantitative estimate of drug-likeness (QED) is 0.611. The van der Waals surface area contributed by atoms with E-state index in [2.05, 4.69) is 22.6 Å². The maximum atomic E-state index is 12.5. The molecule has 66 valence electrons. The predicted octanol–water partition coefficient (Wildman–Crippen LogP) is 2.95. The second-order valence-electron chi connectivity index (χ2n) is 2.47. The Balaban J connectivity index is 2.68. The Bertz CT molecular complexity index is 235. The second kappa shape index (κ2) is 4.77. The largest absolute Gasteiger partial charge is 0.383 e. The summed E-state index contributed by atoms with van der Waals surface area (Å²) in [6.07, 6.45) is 0. The Kier molecular flexibility index (Phi) is 3.94. The van der Waals surface area contributed by atoms with Crippen LogP contribution in [0.1, 0.15) is 9.49 Å².